The molecule has 68 valence electrons. The number of hydrogen-bond donors (Lipinski definition) is 2. The lowest BCUT2D eigenvalue weighted by Gasteiger charge is -2.37. The summed E-state index contributed by atoms with van der Waals surface area (Å²) in [7, 11) is 7.08. The number of aliphatic hydroxyl groups is 2. The van der Waals surface area contributed by atoms with Gasteiger partial charge in [0, 0.05) is 13.7 Å². The van der Waals surface area contributed by atoms with Gasteiger partial charge in [-0.2, -0.15) is 0 Å². The first-order valence-corrected chi connectivity index (χ1v) is 3.89. The molecule has 0 saturated carbocycles. The van der Waals surface area contributed by atoms with Crippen LogP contribution in [0.5, 0.6) is 0 Å². The van der Waals surface area contributed by atoms with Crippen LogP contribution >= 0.6 is 0 Å². The molecule has 2 N–H and O–H groups in total. The van der Waals surface area contributed by atoms with Crippen molar-refractivity contribution >= 4 is 7.85 Å². The van der Waals surface area contributed by atoms with Crippen LogP contribution < -0.4 is 0 Å². The Labute approximate surface area is 72.9 Å². The summed E-state index contributed by atoms with van der Waals surface area (Å²) in [5.41, 5.74) is 0. The van der Waals surface area contributed by atoms with Crippen LogP contribution in [0.25, 0.3) is 0 Å². The Morgan fingerprint density at radius 3 is 2.83 bits per heavy atom. The Morgan fingerprint density at radius 1 is 1.67 bits per heavy atom. The summed E-state index contributed by atoms with van der Waals surface area (Å²) >= 11 is 0. The number of hydrogen-bond acceptors (Lipinski definition) is 4. The van der Waals surface area contributed by atoms with E-state index in [4.69, 9.17) is 22.4 Å². The van der Waals surface area contributed by atoms with E-state index in [1.807, 2.05) is 0 Å². The Kier molecular flexibility index (Phi) is 3.52. The number of ether oxygens (including phenoxy) is 2. The van der Waals surface area contributed by atoms with Crippen LogP contribution in [-0.2, 0) is 9.47 Å². The van der Waals surface area contributed by atoms with E-state index in [9.17, 15) is 5.11 Å². The Bertz CT molecular complexity index is 143. The molecule has 0 bridgehead atoms. The largest absolute Gasteiger partial charge is 0.394 e. The van der Waals surface area contributed by atoms with Crippen LogP contribution in [0.3, 0.4) is 0 Å². The van der Waals surface area contributed by atoms with Crippen LogP contribution in [-0.4, -0.2) is 56.7 Å². The minimum absolute atomic E-state index is 0.215. The standard InChI is InChI=1S/C7H13BO4/c1-11-7-4(8)3-12-5(2-9)6(7)10/h4-7,9-10H,2-3H2,1H3/t4-,5-,6-,7+/m1/s1. The van der Waals surface area contributed by atoms with Crippen LogP contribution in [0.2, 0.25) is 5.82 Å². The monoisotopic (exact) mass is 172 g/mol. The topological polar surface area (TPSA) is 58.9 Å². The maximum Gasteiger partial charge on any atom is 0.109 e. The average molecular weight is 172 g/mol. The first-order chi connectivity index (χ1) is 5.70. The van der Waals surface area contributed by atoms with E-state index in [1.54, 1.807) is 0 Å². The van der Waals surface area contributed by atoms with Crippen molar-refractivity contribution in [1.29, 1.82) is 0 Å². The third-order valence-corrected chi connectivity index (χ3v) is 2.09. The quantitative estimate of drug-likeness (QED) is 0.509. The highest BCUT2D eigenvalue weighted by Gasteiger charge is 2.36. The fraction of sp³-hybridized carbons (Fsp3) is 1.00. The molecule has 5 heteroatoms. The molecule has 2 radical (unpaired) electrons. The lowest BCUT2D eigenvalue weighted by molar-refractivity contribution is -0.155. The second-order valence-electron chi connectivity index (χ2n) is 2.91. The van der Waals surface area contributed by atoms with Gasteiger partial charge in [0.05, 0.1) is 20.6 Å². The van der Waals surface area contributed by atoms with Gasteiger partial charge in [0.1, 0.15) is 12.2 Å². The zero-order valence-corrected chi connectivity index (χ0v) is 7.01. The molecule has 0 unspecified atom stereocenters. The summed E-state index contributed by atoms with van der Waals surface area (Å²) in [4.78, 5) is 0. The SMILES string of the molecule is [B][C@@H]1CO[C@H](CO)[C@@H](O)[C@H]1OC. The van der Waals surface area contributed by atoms with Gasteiger partial charge in [0.2, 0.25) is 0 Å². The minimum Gasteiger partial charge on any atom is -0.394 e. The second kappa shape index (κ2) is 4.23. The Balaban J connectivity index is 2.56. The second-order valence-corrected chi connectivity index (χ2v) is 2.91. The fourth-order valence-electron chi connectivity index (χ4n) is 1.37. The van der Waals surface area contributed by atoms with E-state index in [0.717, 1.165) is 0 Å². The van der Waals surface area contributed by atoms with Gasteiger partial charge in [-0.1, -0.05) is 0 Å². The van der Waals surface area contributed by atoms with Crippen molar-refractivity contribution in [3.8, 4) is 0 Å². The van der Waals surface area contributed by atoms with Gasteiger partial charge >= 0.3 is 0 Å². The molecule has 0 aromatic rings. The Morgan fingerprint density at radius 2 is 2.33 bits per heavy atom. The summed E-state index contributed by atoms with van der Waals surface area (Å²) in [5.74, 6) is -0.326. The van der Waals surface area contributed by atoms with Crippen molar-refractivity contribution < 1.29 is 19.7 Å². The van der Waals surface area contributed by atoms with E-state index >= 15 is 0 Å². The third kappa shape index (κ3) is 1.80. The number of aliphatic hydroxyl groups excluding tert-OH is 2. The van der Waals surface area contributed by atoms with Gasteiger partial charge < -0.3 is 19.7 Å². The summed E-state index contributed by atoms with van der Waals surface area (Å²) in [5, 5.41) is 18.3. The van der Waals surface area contributed by atoms with Crippen molar-refractivity contribution in [2.45, 2.75) is 24.1 Å². The minimum atomic E-state index is -0.844. The van der Waals surface area contributed by atoms with Gasteiger partial charge in [0.15, 0.2) is 0 Å². The third-order valence-electron chi connectivity index (χ3n) is 2.09. The van der Waals surface area contributed by atoms with Crippen molar-refractivity contribution in [1.82, 2.24) is 0 Å². The normalized spacial score (nSPS) is 42.9. The van der Waals surface area contributed by atoms with Gasteiger partial charge in [-0.05, 0) is 5.82 Å². The van der Waals surface area contributed by atoms with Crippen molar-refractivity contribution in [2.24, 2.45) is 0 Å². The number of methoxy groups -OCH3 is 1. The summed E-state index contributed by atoms with van der Waals surface area (Å²) in [6.07, 6.45) is -1.87. The molecule has 12 heavy (non-hydrogen) atoms. The highest BCUT2D eigenvalue weighted by Crippen LogP contribution is 2.24. The maximum atomic E-state index is 9.51. The molecule has 1 saturated heterocycles. The fourth-order valence-corrected chi connectivity index (χ4v) is 1.37. The average Bonchev–Trinajstić information content (AvgIpc) is 2.06. The molecule has 0 amide bonds. The molecule has 1 aliphatic heterocycles. The molecular weight excluding hydrogens is 159 g/mol. The van der Waals surface area contributed by atoms with Gasteiger partial charge in [-0.25, -0.2) is 0 Å². The van der Waals surface area contributed by atoms with E-state index in [-0.39, 0.29) is 12.4 Å². The first kappa shape index (κ1) is 9.99. The molecule has 4 nitrogen and oxygen atoms in total. The number of rotatable bonds is 2. The molecule has 1 heterocycles. The molecule has 0 spiro atoms. The lowest BCUT2D eigenvalue weighted by atomic mass is 9.78. The highest BCUT2D eigenvalue weighted by atomic mass is 16.5. The summed E-state index contributed by atoms with van der Waals surface area (Å²) in [6, 6.07) is 0. The van der Waals surface area contributed by atoms with E-state index < -0.39 is 18.3 Å². The molecule has 1 fully saturated rings. The first-order valence-electron chi connectivity index (χ1n) is 3.89. The predicted molar refractivity (Wildman–Crippen MR) is 43.1 cm³/mol. The zero-order chi connectivity index (χ0) is 9.14. The zero-order valence-electron chi connectivity index (χ0n) is 7.01. The molecule has 4 atom stereocenters. The van der Waals surface area contributed by atoms with E-state index in [1.165, 1.54) is 7.11 Å². The van der Waals surface area contributed by atoms with Crippen LogP contribution in [0.1, 0.15) is 0 Å². The molecular formula is C7H13BO4. The summed E-state index contributed by atoms with van der Waals surface area (Å²) < 4.78 is 10.1. The molecule has 0 aromatic heterocycles. The van der Waals surface area contributed by atoms with E-state index in [2.05, 4.69) is 0 Å². The van der Waals surface area contributed by atoms with Crippen LogP contribution in [0, 0.1) is 0 Å². The maximum absolute atomic E-state index is 9.51. The molecule has 0 aliphatic carbocycles. The molecule has 1 rings (SSSR count). The van der Waals surface area contributed by atoms with Gasteiger partial charge in [-0.3, -0.25) is 0 Å². The van der Waals surface area contributed by atoms with Crippen LogP contribution in [0.4, 0.5) is 0 Å². The predicted octanol–water partition coefficient (Wildman–Crippen LogP) is -1.29. The Hall–Kier alpha value is -0.0951. The lowest BCUT2D eigenvalue weighted by Crippen LogP contribution is -2.50. The van der Waals surface area contributed by atoms with Crippen molar-refractivity contribution in [3.63, 3.8) is 0 Å². The molecule has 0 aromatic carbocycles. The van der Waals surface area contributed by atoms with Gasteiger partial charge in [0.25, 0.3) is 0 Å². The summed E-state index contributed by atoms with van der Waals surface area (Å²) in [6.45, 7) is 0.0918. The van der Waals surface area contributed by atoms with Gasteiger partial charge in [-0.15, -0.1) is 0 Å². The van der Waals surface area contributed by atoms with Crippen LogP contribution in [0.15, 0.2) is 0 Å². The highest BCUT2D eigenvalue weighted by molar-refractivity contribution is 6.12. The molecule has 1 aliphatic rings. The smallest absolute Gasteiger partial charge is 0.109 e. The van der Waals surface area contributed by atoms with E-state index in [0.29, 0.717) is 6.61 Å². The van der Waals surface area contributed by atoms with Crippen molar-refractivity contribution in [2.75, 3.05) is 20.3 Å². The van der Waals surface area contributed by atoms with Crippen molar-refractivity contribution in [3.05, 3.63) is 0 Å².